The topological polar surface area (TPSA) is 55.8 Å². The highest BCUT2D eigenvalue weighted by molar-refractivity contribution is 5.91. The normalized spacial score (nSPS) is 9.76. The summed E-state index contributed by atoms with van der Waals surface area (Å²) in [5.74, 6) is -0.191. The smallest absolute Gasteiger partial charge is 0.339 e. The quantitative estimate of drug-likeness (QED) is 0.771. The van der Waals surface area contributed by atoms with Gasteiger partial charge in [0.25, 0.3) is 0 Å². The van der Waals surface area contributed by atoms with Gasteiger partial charge in [0.1, 0.15) is 17.1 Å². The molecule has 0 amide bonds. The van der Waals surface area contributed by atoms with Crippen molar-refractivity contribution in [2.45, 2.75) is 13.3 Å². The first-order chi connectivity index (χ1) is 8.04. The molecule has 0 heterocycles. The Labute approximate surface area is 100 Å². The third-order valence-corrected chi connectivity index (χ3v) is 2.20. The fourth-order valence-corrected chi connectivity index (χ4v) is 1.26. The van der Waals surface area contributed by atoms with E-state index in [0.29, 0.717) is 24.5 Å². The number of carboxylic acid groups (broad SMARTS) is 1. The SMILES string of the molecule is C=C(C)CCOc1ccc(OC)cc1C(=O)O. The molecular formula is C13H16O4. The summed E-state index contributed by atoms with van der Waals surface area (Å²) in [6.45, 7) is 6.07. The van der Waals surface area contributed by atoms with Crippen molar-refractivity contribution in [2.75, 3.05) is 13.7 Å². The minimum Gasteiger partial charge on any atom is -0.497 e. The van der Waals surface area contributed by atoms with Gasteiger partial charge in [0.2, 0.25) is 0 Å². The van der Waals surface area contributed by atoms with Crippen molar-refractivity contribution in [3.8, 4) is 11.5 Å². The number of rotatable bonds is 6. The first-order valence-corrected chi connectivity index (χ1v) is 5.23. The lowest BCUT2D eigenvalue weighted by Gasteiger charge is -2.10. The molecule has 1 aromatic carbocycles. The summed E-state index contributed by atoms with van der Waals surface area (Å²) in [5.41, 5.74) is 1.10. The van der Waals surface area contributed by atoms with Gasteiger partial charge in [-0.3, -0.25) is 0 Å². The van der Waals surface area contributed by atoms with Gasteiger partial charge in [-0.05, 0) is 25.1 Å². The van der Waals surface area contributed by atoms with Crippen LogP contribution < -0.4 is 9.47 Å². The molecule has 4 heteroatoms. The van der Waals surface area contributed by atoms with Gasteiger partial charge < -0.3 is 14.6 Å². The van der Waals surface area contributed by atoms with Crippen molar-refractivity contribution < 1.29 is 19.4 Å². The highest BCUT2D eigenvalue weighted by atomic mass is 16.5. The summed E-state index contributed by atoms with van der Waals surface area (Å²) >= 11 is 0. The molecule has 0 unspecified atom stereocenters. The van der Waals surface area contributed by atoms with E-state index in [9.17, 15) is 4.79 Å². The van der Waals surface area contributed by atoms with Gasteiger partial charge in [0.05, 0.1) is 13.7 Å². The molecule has 0 bridgehead atoms. The maximum Gasteiger partial charge on any atom is 0.339 e. The summed E-state index contributed by atoms with van der Waals surface area (Å²) in [6.07, 6.45) is 0.699. The molecule has 1 N–H and O–H groups in total. The van der Waals surface area contributed by atoms with E-state index in [-0.39, 0.29) is 5.56 Å². The van der Waals surface area contributed by atoms with E-state index in [1.165, 1.54) is 13.2 Å². The maximum absolute atomic E-state index is 11.0. The van der Waals surface area contributed by atoms with Gasteiger partial charge in [0, 0.05) is 6.42 Å². The fraction of sp³-hybridized carbons (Fsp3) is 0.308. The second kappa shape index (κ2) is 5.94. The van der Waals surface area contributed by atoms with Gasteiger partial charge in [-0.15, -0.1) is 6.58 Å². The number of benzene rings is 1. The third-order valence-electron chi connectivity index (χ3n) is 2.20. The van der Waals surface area contributed by atoms with Crippen LogP contribution in [0.4, 0.5) is 0 Å². The second-order valence-corrected chi connectivity index (χ2v) is 3.72. The molecule has 0 saturated heterocycles. The zero-order chi connectivity index (χ0) is 12.8. The molecule has 17 heavy (non-hydrogen) atoms. The van der Waals surface area contributed by atoms with Crippen molar-refractivity contribution >= 4 is 5.97 Å². The first kappa shape index (κ1) is 13.1. The number of hydrogen-bond donors (Lipinski definition) is 1. The van der Waals surface area contributed by atoms with Crippen LogP contribution in [-0.4, -0.2) is 24.8 Å². The van der Waals surface area contributed by atoms with Gasteiger partial charge in [-0.1, -0.05) is 5.57 Å². The van der Waals surface area contributed by atoms with Crippen molar-refractivity contribution in [3.05, 3.63) is 35.9 Å². The third kappa shape index (κ3) is 3.83. The molecule has 0 aromatic heterocycles. The molecule has 4 nitrogen and oxygen atoms in total. The molecule has 1 rings (SSSR count). The minimum atomic E-state index is -1.03. The molecule has 0 aliphatic rings. The molecule has 0 fully saturated rings. The van der Waals surface area contributed by atoms with Gasteiger partial charge in [0.15, 0.2) is 0 Å². The summed E-state index contributed by atoms with van der Waals surface area (Å²) < 4.78 is 10.4. The van der Waals surface area contributed by atoms with Crippen molar-refractivity contribution in [1.82, 2.24) is 0 Å². The lowest BCUT2D eigenvalue weighted by Crippen LogP contribution is -2.05. The average molecular weight is 236 g/mol. The van der Waals surface area contributed by atoms with Crippen LogP contribution in [0, 0.1) is 0 Å². The largest absolute Gasteiger partial charge is 0.497 e. The van der Waals surface area contributed by atoms with E-state index >= 15 is 0 Å². The summed E-state index contributed by atoms with van der Waals surface area (Å²) in [6, 6.07) is 4.71. The number of aromatic carboxylic acids is 1. The highest BCUT2D eigenvalue weighted by Crippen LogP contribution is 2.24. The zero-order valence-corrected chi connectivity index (χ0v) is 10.0. The van der Waals surface area contributed by atoms with E-state index in [1.807, 2.05) is 6.92 Å². The van der Waals surface area contributed by atoms with Crippen LogP contribution in [0.25, 0.3) is 0 Å². The first-order valence-electron chi connectivity index (χ1n) is 5.23. The average Bonchev–Trinajstić information content (AvgIpc) is 2.28. The number of methoxy groups -OCH3 is 1. The fourth-order valence-electron chi connectivity index (χ4n) is 1.26. The van der Waals surface area contributed by atoms with Crippen LogP contribution in [0.5, 0.6) is 11.5 Å². The van der Waals surface area contributed by atoms with Crippen molar-refractivity contribution in [2.24, 2.45) is 0 Å². The van der Waals surface area contributed by atoms with Crippen LogP contribution in [0.2, 0.25) is 0 Å². The Morgan fingerprint density at radius 1 is 1.47 bits per heavy atom. The van der Waals surface area contributed by atoms with E-state index in [4.69, 9.17) is 14.6 Å². The standard InChI is InChI=1S/C13H16O4/c1-9(2)6-7-17-12-5-4-10(16-3)8-11(12)13(14)15/h4-5,8H,1,6-7H2,2-3H3,(H,14,15). The van der Waals surface area contributed by atoms with Crippen LogP contribution >= 0.6 is 0 Å². The summed E-state index contributed by atoms with van der Waals surface area (Å²) in [7, 11) is 1.49. The molecule has 0 saturated carbocycles. The van der Waals surface area contributed by atoms with Crippen LogP contribution in [0.3, 0.4) is 0 Å². The van der Waals surface area contributed by atoms with E-state index < -0.39 is 5.97 Å². The van der Waals surface area contributed by atoms with Crippen molar-refractivity contribution in [3.63, 3.8) is 0 Å². The monoisotopic (exact) mass is 236 g/mol. The predicted molar refractivity (Wildman–Crippen MR) is 64.9 cm³/mol. The summed E-state index contributed by atoms with van der Waals surface area (Å²) in [5, 5.41) is 9.04. The van der Waals surface area contributed by atoms with Gasteiger partial charge in [-0.2, -0.15) is 0 Å². The van der Waals surface area contributed by atoms with Crippen LogP contribution in [0.1, 0.15) is 23.7 Å². The highest BCUT2D eigenvalue weighted by Gasteiger charge is 2.12. The predicted octanol–water partition coefficient (Wildman–Crippen LogP) is 2.74. The molecule has 0 spiro atoms. The summed E-state index contributed by atoms with van der Waals surface area (Å²) in [4.78, 5) is 11.0. The Morgan fingerprint density at radius 2 is 2.18 bits per heavy atom. The van der Waals surface area contributed by atoms with E-state index in [1.54, 1.807) is 12.1 Å². The number of carbonyl (C=O) groups is 1. The Bertz CT molecular complexity index is 423. The number of hydrogen-bond acceptors (Lipinski definition) is 3. The number of ether oxygens (including phenoxy) is 2. The second-order valence-electron chi connectivity index (χ2n) is 3.72. The Balaban J connectivity index is 2.83. The maximum atomic E-state index is 11.0. The molecule has 1 aromatic rings. The Kier molecular flexibility index (Phi) is 4.57. The molecule has 0 aliphatic heterocycles. The lowest BCUT2D eigenvalue weighted by molar-refractivity contribution is 0.0692. The molecule has 0 aliphatic carbocycles. The van der Waals surface area contributed by atoms with Crippen LogP contribution in [-0.2, 0) is 0 Å². The zero-order valence-electron chi connectivity index (χ0n) is 10.0. The molecule has 0 atom stereocenters. The van der Waals surface area contributed by atoms with E-state index in [0.717, 1.165) is 5.57 Å². The number of carboxylic acids is 1. The molecule has 92 valence electrons. The van der Waals surface area contributed by atoms with Gasteiger partial charge >= 0.3 is 5.97 Å². The van der Waals surface area contributed by atoms with Crippen molar-refractivity contribution in [1.29, 1.82) is 0 Å². The van der Waals surface area contributed by atoms with Gasteiger partial charge in [-0.25, -0.2) is 4.79 Å². The molecular weight excluding hydrogens is 220 g/mol. The van der Waals surface area contributed by atoms with E-state index in [2.05, 4.69) is 6.58 Å². The minimum absolute atomic E-state index is 0.103. The van der Waals surface area contributed by atoms with Crippen LogP contribution in [0.15, 0.2) is 30.4 Å². The lowest BCUT2D eigenvalue weighted by atomic mass is 10.2. The Morgan fingerprint density at radius 3 is 2.71 bits per heavy atom. The molecule has 0 radical (unpaired) electrons. The Hall–Kier alpha value is -1.97.